The molecule has 2 aromatic carbocycles. The number of carbonyl (C=O) groups excluding carboxylic acids is 1. The fourth-order valence-corrected chi connectivity index (χ4v) is 1.98. The Labute approximate surface area is 125 Å². The van der Waals surface area contributed by atoms with E-state index in [0.29, 0.717) is 5.69 Å². The zero-order valence-electron chi connectivity index (χ0n) is 11.8. The van der Waals surface area contributed by atoms with Gasteiger partial charge in [0.15, 0.2) is 0 Å². The van der Waals surface area contributed by atoms with Gasteiger partial charge in [0.1, 0.15) is 6.04 Å². The number of rotatable bonds is 3. The lowest BCUT2D eigenvalue weighted by Crippen LogP contribution is -2.28. The number of hydrogen-bond donors (Lipinski definition) is 2. The van der Waals surface area contributed by atoms with Crippen molar-refractivity contribution in [2.24, 2.45) is 5.73 Å². The summed E-state index contributed by atoms with van der Waals surface area (Å²) in [5.41, 5.74) is 6.47. The van der Waals surface area contributed by atoms with Gasteiger partial charge in [-0.25, -0.2) is 0 Å². The van der Waals surface area contributed by atoms with Crippen LogP contribution < -0.4 is 11.1 Å². The molecule has 0 aliphatic rings. The molecule has 1 unspecified atom stereocenters. The number of nitrogens with one attached hydrogen (secondary N) is 1. The fourth-order valence-electron chi connectivity index (χ4n) is 1.98. The van der Waals surface area contributed by atoms with Crippen molar-refractivity contribution in [3.05, 3.63) is 65.2 Å². The molecule has 0 saturated heterocycles. The van der Waals surface area contributed by atoms with E-state index in [1.165, 1.54) is 12.1 Å². The molecule has 3 nitrogen and oxygen atoms in total. The molecular formula is C16H15F3N2O. The van der Waals surface area contributed by atoms with Gasteiger partial charge < -0.3 is 11.1 Å². The average molecular weight is 308 g/mol. The summed E-state index contributed by atoms with van der Waals surface area (Å²) in [5, 5.41) is 2.62. The van der Waals surface area contributed by atoms with Gasteiger partial charge in [-0.3, -0.25) is 4.79 Å². The highest BCUT2D eigenvalue weighted by Gasteiger charge is 2.31. The highest BCUT2D eigenvalue weighted by Crippen LogP contribution is 2.30. The summed E-state index contributed by atoms with van der Waals surface area (Å²) in [6, 6.07) is 10.4. The Morgan fingerprint density at radius 3 is 2.45 bits per heavy atom. The largest absolute Gasteiger partial charge is 0.416 e. The first kappa shape index (κ1) is 16.0. The van der Waals surface area contributed by atoms with Crippen LogP contribution in [0.1, 0.15) is 22.7 Å². The Bertz CT molecular complexity index is 683. The molecule has 0 bridgehead atoms. The highest BCUT2D eigenvalue weighted by molar-refractivity contribution is 5.96. The van der Waals surface area contributed by atoms with Crippen molar-refractivity contribution in [1.82, 2.24) is 0 Å². The molecule has 1 amide bonds. The third-order valence-corrected chi connectivity index (χ3v) is 3.26. The monoisotopic (exact) mass is 308 g/mol. The van der Waals surface area contributed by atoms with E-state index >= 15 is 0 Å². The van der Waals surface area contributed by atoms with Crippen LogP contribution in [0.5, 0.6) is 0 Å². The molecular weight excluding hydrogens is 293 g/mol. The maximum absolute atomic E-state index is 12.7. The van der Waals surface area contributed by atoms with Gasteiger partial charge in [0.05, 0.1) is 5.56 Å². The molecule has 2 aromatic rings. The molecule has 0 aliphatic carbocycles. The zero-order chi connectivity index (χ0) is 16.3. The molecule has 1 atom stereocenters. The summed E-state index contributed by atoms with van der Waals surface area (Å²) in [7, 11) is 0. The number of alkyl halides is 3. The Morgan fingerprint density at radius 2 is 1.82 bits per heavy atom. The summed E-state index contributed by atoms with van der Waals surface area (Å²) in [5.74, 6) is -0.561. The lowest BCUT2D eigenvalue weighted by molar-refractivity contribution is -0.137. The third kappa shape index (κ3) is 3.65. The van der Waals surface area contributed by atoms with Crippen LogP contribution in [0.25, 0.3) is 0 Å². The first-order valence-electron chi connectivity index (χ1n) is 6.58. The van der Waals surface area contributed by atoms with Gasteiger partial charge in [-0.05, 0) is 36.2 Å². The van der Waals surface area contributed by atoms with Crippen molar-refractivity contribution in [1.29, 1.82) is 0 Å². The minimum absolute atomic E-state index is 0.112. The molecule has 0 spiro atoms. The fraction of sp³-hybridized carbons (Fsp3) is 0.188. The molecule has 0 aliphatic heterocycles. The lowest BCUT2D eigenvalue weighted by Gasteiger charge is -2.15. The van der Waals surface area contributed by atoms with Gasteiger partial charge in [-0.1, -0.05) is 30.3 Å². The van der Waals surface area contributed by atoms with Crippen LogP contribution in [-0.4, -0.2) is 5.91 Å². The molecule has 22 heavy (non-hydrogen) atoms. The summed E-state index contributed by atoms with van der Waals surface area (Å²) >= 11 is 0. The predicted octanol–water partition coefficient (Wildman–Crippen LogP) is 3.65. The number of benzene rings is 2. The van der Waals surface area contributed by atoms with Gasteiger partial charge in [0.25, 0.3) is 0 Å². The standard InChI is InChI=1S/C16H15F3N2O/c1-10-5-2-3-8-13(10)21-15(22)14(20)11-6-4-7-12(9-11)16(17,18)19/h2-9,14H,20H2,1H3,(H,21,22). The quantitative estimate of drug-likeness (QED) is 0.909. The number of amides is 1. The smallest absolute Gasteiger partial charge is 0.324 e. The predicted molar refractivity (Wildman–Crippen MR) is 78.2 cm³/mol. The van der Waals surface area contributed by atoms with Crippen molar-refractivity contribution < 1.29 is 18.0 Å². The van der Waals surface area contributed by atoms with E-state index in [-0.39, 0.29) is 5.56 Å². The topological polar surface area (TPSA) is 55.1 Å². The van der Waals surface area contributed by atoms with E-state index in [4.69, 9.17) is 5.73 Å². The lowest BCUT2D eigenvalue weighted by atomic mass is 10.0. The molecule has 0 fully saturated rings. The summed E-state index contributed by atoms with van der Waals surface area (Å²) in [6.07, 6.45) is -4.47. The van der Waals surface area contributed by atoms with Crippen LogP contribution in [0.2, 0.25) is 0 Å². The Balaban J connectivity index is 2.19. The first-order valence-corrected chi connectivity index (χ1v) is 6.58. The second kappa shape index (κ2) is 6.19. The highest BCUT2D eigenvalue weighted by atomic mass is 19.4. The van der Waals surface area contributed by atoms with E-state index in [9.17, 15) is 18.0 Å². The van der Waals surface area contributed by atoms with E-state index in [0.717, 1.165) is 17.7 Å². The Hall–Kier alpha value is -2.34. The number of para-hydroxylation sites is 1. The SMILES string of the molecule is Cc1ccccc1NC(=O)C(N)c1cccc(C(F)(F)F)c1. The van der Waals surface area contributed by atoms with Crippen molar-refractivity contribution in [2.45, 2.75) is 19.1 Å². The normalized spacial score (nSPS) is 12.8. The van der Waals surface area contributed by atoms with E-state index in [2.05, 4.69) is 5.32 Å². The van der Waals surface area contributed by atoms with Gasteiger partial charge in [-0.15, -0.1) is 0 Å². The second-order valence-corrected chi connectivity index (χ2v) is 4.91. The zero-order valence-corrected chi connectivity index (χ0v) is 11.8. The van der Waals surface area contributed by atoms with E-state index in [1.54, 1.807) is 12.1 Å². The summed E-state index contributed by atoms with van der Waals surface area (Å²) in [6.45, 7) is 1.81. The molecule has 116 valence electrons. The number of anilines is 1. The molecule has 0 aromatic heterocycles. The number of aryl methyl sites for hydroxylation is 1. The minimum Gasteiger partial charge on any atom is -0.324 e. The first-order chi connectivity index (χ1) is 10.3. The minimum atomic E-state index is -4.47. The van der Waals surface area contributed by atoms with Crippen LogP contribution in [0.4, 0.5) is 18.9 Å². The summed E-state index contributed by atoms with van der Waals surface area (Å²) < 4.78 is 38.1. The van der Waals surface area contributed by atoms with Gasteiger partial charge in [-0.2, -0.15) is 13.2 Å². The van der Waals surface area contributed by atoms with Gasteiger partial charge in [0.2, 0.25) is 5.91 Å². The number of nitrogens with two attached hydrogens (primary N) is 1. The van der Waals surface area contributed by atoms with Crippen LogP contribution in [-0.2, 0) is 11.0 Å². The summed E-state index contributed by atoms with van der Waals surface area (Å²) in [4.78, 5) is 12.1. The van der Waals surface area contributed by atoms with Crippen molar-refractivity contribution in [3.63, 3.8) is 0 Å². The molecule has 3 N–H and O–H groups in total. The number of halogens is 3. The Morgan fingerprint density at radius 1 is 1.14 bits per heavy atom. The van der Waals surface area contributed by atoms with Gasteiger partial charge >= 0.3 is 6.18 Å². The molecule has 0 radical (unpaired) electrons. The van der Waals surface area contributed by atoms with Crippen molar-refractivity contribution in [2.75, 3.05) is 5.32 Å². The number of carbonyl (C=O) groups is 1. The maximum Gasteiger partial charge on any atom is 0.416 e. The van der Waals surface area contributed by atoms with Gasteiger partial charge in [0, 0.05) is 5.69 Å². The van der Waals surface area contributed by atoms with Crippen LogP contribution in [0, 0.1) is 6.92 Å². The van der Waals surface area contributed by atoms with E-state index < -0.39 is 23.7 Å². The van der Waals surface area contributed by atoms with Crippen molar-refractivity contribution in [3.8, 4) is 0 Å². The average Bonchev–Trinajstić information content (AvgIpc) is 2.48. The van der Waals surface area contributed by atoms with E-state index in [1.807, 2.05) is 19.1 Å². The van der Waals surface area contributed by atoms with Crippen molar-refractivity contribution >= 4 is 11.6 Å². The number of hydrogen-bond acceptors (Lipinski definition) is 2. The van der Waals surface area contributed by atoms with Crippen LogP contribution in [0.15, 0.2) is 48.5 Å². The molecule has 0 heterocycles. The molecule has 2 rings (SSSR count). The maximum atomic E-state index is 12.7. The molecule has 6 heteroatoms. The Kier molecular flexibility index (Phi) is 4.51. The second-order valence-electron chi connectivity index (χ2n) is 4.91. The third-order valence-electron chi connectivity index (χ3n) is 3.26. The molecule has 0 saturated carbocycles. The van der Waals surface area contributed by atoms with Crippen LogP contribution >= 0.6 is 0 Å². The van der Waals surface area contributed by atoms with Crippen LogP contribution in [0.3, 0.4) is 0 Å².